The minimum absolute atomic E-state index is 0.00680. The van der Waals surface area contributed by atoms with Crippen molar-refractivity contribution in [1.29, 1.82) is 5.26 Å². The van der Waals surface area contributed by atoms with Crippen molar-refractivity contribution in [3.63, 3.8) is 0 Å². The smallest absolute Gasteiger partial charge is 0.270 e. The molecule has 0 radical (unpaired) electrons. The number of aromatic amines is 1. The average Bonchev–Trinajstić information content (AvgIpc) is 2.88. The molecule has 1 amide bonds. The van der Waals surface area contributed by atoms with E-state index in [4.69, 9.17) is 4.74 Å². The molecule has 1 aromatic heterocycles. The number of nitrogens with one attached hydrogen (secondary N) is 1. The molecule has 1 unspecified atom stereocenters. The van der Waals surface area contributed by atoms with Crippen molar-refractivity contribution in [2.45, 2.75) is 17.3 Å². The van der Waals surface area contributed by atoms with Gasteiger partial charge in [-0.2, -0.15) is 5.26 Å². The zero-order valence-electron chi connectivity index (χ0n) is 19.0. The van der Waals surface area contributed by atoms with Crippen molar-refractivity contribution in [3.8, 4) is 23.1 Å². The van der Waals surface area contributed by atoms with Crippen molar-refractivity contribution >= 4 is 23.4 Å². The lowest BCUT2D eigenvalue weighted by Gasteiger charge is -2.37. The van der Waals surface area contributed by atoms with Gasteiger partial charge in [0.1, 0.15) is 17.4 Å². The first-order valence-corrected chi connectivity index (χ1v) is 11.8. The molecular formula is C25H25N5O3S. The summed E-state index contributed by atoms with van der Waals surface area (Å²) in [5, 5.41) is 9.32. The number of carbonyl (C=O) groups excluding carboxylic acids is 1. The van der Waals surface area contributed by atoms with Crippen LogP contribution in [0.15, 0.2) is 64.5 Å². The number of hydrogen-bond acceptors (Lipinski definition) is 7. The molecule has 1 fully saturated rings. The first kappa shape index (κ1) is 23.4. The van der Waals surface area contributed by atoms with Gasteiger partial charge in [0.05, 0.1) is 18.1 Å². The molecule has 2 aromatic carbocycles. The van der Waals surface area contributed by atoms with Crippen molar-refractivity contribution < 1.29 is 9.53 Å². The molecule has 174 valence electrons. The lowest BCUT2D eigenvalue weighted by Crippen LogP contribution is -2.50. The summed E-state index contributed by atoms with van der Waals surface area (Å²) in [7, 11) is 1.64. The molecule has 9 heteroatoms. The van der Waals surface area contributed by atoms with Crippen molar-refractivity contribution in [2.24, 2.45) is 0 Å². The van der Waals surface area contributed by atoms with E-state index in [1.54, 1.807) is 19.2 Å². The number of methoxy groups -OCH3 is 1. The highest BCUT2D eigenvalue weighted by molar-refractivity contribution is 8.00. The predicted octanol–water partition coefficient (Wildman–Crippen LogP) is 3.15. The Morgan fingerprint density at radius 2 is 1.79 bits per heavy atom. The zero-order chi connectivity index (χ0) is 24.1. The van der Waals surface area contributed by atoms with E-state index in [0.717, 1.165) is 24.5 Å². The maximum Gasteiger partial charge on any atom is 0.270 e. The minimum atomic E-state index is -0.508. The van der Waals surface area contributed by atoms with Gasteiger partial charge in [-0.3, -0.25) is 9.59 Å². The Balaban J connectivity index is 1.42. The summed E-state index contributed by atoms with van der Waals surface area (Å²) in [5.41, 5.74) is 1.56. The molecule has 1 atom stereocenters. The normalized spacial score (nSPS) is 14.4. The van der Waals surface area contributed by atoms with Crippen LogP contribution in [-0.4, -0.2) is 59.3 Å². The van der Waals surface area contributed by atoms with Gasteiger partial charge in [-0.25, -0.2) is 4.98 Å². The Kier molecular flexibility index (Phi) is 7.18. The lowest BCUT2D eigenvalue weighted by molar-refractivity contribution is -0.130. The third-order valence-electron chi connectivity index (χ3n) is 5.72. The number of anilines is 1. The fraction of sp³-hybridized carbons (Fsp3) is 0.280. The number of piperazine rings is 1. The van der Waals surface area contributed by atoms with Gasteiger partial charge < -0.3 is 19.5 Å². The number of rotatable bonds is 6. The Hall–Kier alpha value is -3.77. The highest BCUT2D eigenvalue weighted by Crippen LogP contribution is 2.26. The van der Waals surface area contributed by atoms with E-state index < -0.39 is 10.8 Å². The highest BCUT2D eigenvalue weighted by Gasteiger charge is 2.27. The van der Waals surface area contributed by atoms with Crippen LogP contribution in [0.5, 0.6) is 5.75 Å². The van der Waals surface area contributed by atoms with Gasteiger partial charge in [-0.15, -0.1) is 0 Å². The zero-order valence-corrected chi connectivity index (χ0v) is 19.8. The van der Waals surface area contributed by atoms with Gasteiger partial charge in [0.25, 0.3) is 5.56 Å². The maximum absolute atomic E-state index is 13.1. The molecule has 4 rings (SSSR count). The Labute approximate surface area is 202 Å². The molecule has 0 spiro atoms. The molecule has 1 aliphatic rings. The largest absolute Gasteiger partial charge is 0.497 e. The molecule has 1 aliphatic heterocycles. The number of hydrogen-bond donors (Lipinski definition) is 1. The monoisotopic (exact) mass is 475 g/mol. The van der Waals surface area contributed by atoms with E-state index in [1.165, 1.54) is 11.8 Å². The second kappa shape index (κ2) is 10.4. The van der Waals surface area contributed by atoms with Gasteiger partial charge in [0, 0.05) is 37.4 Å². The molecule has 0 saturated carbocycles. The summed E-state index contributed by atoms with van der Waals surface area (Å²) in [5.74, 6) is 0.806. The van der Waals surface area contributed by atoms with E-state index in [-0.39, 0.29) is 11.5 Å². The van der Waals surface area contributed by atoms with Crippen LogP contribution >= 0.6 is 11.8 Å². The molecule has 0 aliphatic carbocycles. The quantitative estimate of drug-likeness (QED) is 0.432. The van der Waals surface area contributed by atoms with Crippen LogP contribution in [0.2, 0.25) is 0 Å². The fourth-order valence-corrected chi connectivity index (χ4v) is 4.75. The first-order chi connectivity index (χ1) is 16.5. The summed E-state index contributed by atoms with van der Waals surface area (Å²) >= 11 is 1.19. The maximum atomic E-state index is 13.1. The van der Waals surface area contributed by atoms with Crippen molar-refractivity contribution in [2.75, 3.05) is 38.2 Å². The second-order valence-electron chi connectivity index (χ2n) is 7.84. The number of aromatic nitrogens is 2. The average molecular weight is 476 g/mol. The number of nitrogens with zero attached hydrogens (tertiary/aromatic N) is 4. The standard InChI is InChI=1S/C25H25N5O3S/c1-17(24(32)30-14-12-29(13-15-30)19-8-10-20(33-2)11-9-19)34-25-27-22(18-6-4-3-5-7-18)21(16-26)23(31)28-25/h3-11,17H,12-15H2,1-2H3,(H,27,28,31). The van der Waals surface area contributed by atoms with Gasteiger partial charge in [-0.05, 0) is 31.2 Å². The topological polar surface area (TPSA) is 102 Å². The molecule has 0 bridgehead atoms. The Morgan fingerprint density at radius 3 is 2.41 bits per heavy atom. The van der Waals surface area contributed by atoms with Crippen molar-refractivity contribution in [3.05, 3.63) is 70.5 Å². The van der Waals surface area contributed by atoms with Gasteiger partial charge >= 0.3 is 0 Å². The summed E-state index contributed by atoms with van der Waals surface area (Å²) in [6.45, 7) is 4.51. The fourth-order valence-electron chi connectivity index (χ4n) is 3.87. The van der Waals surface area contributed by atoms with Crippen LogP contribution in [0.25, 0.3) is 11.3 Å². The van der Waals surface area contributed by atoms with Crippen LogP contribution in [0.4, 0.5) is 5.69 Å². The number of ether oxygens (including phenoxy) is 1. The molecule has 8 nitrogen and oxygen atoms in total. The molecular weight excluding hydrogens is 450 g/mol. The van der Waals surface area contributed by atoms with E-state index in [2.05, 4.69) is 14.9 Å². The van der Waals surface area contributed by atoms with Crippen LogP contribution in [0.3, 0.4) is 0 Å². The molecule has 34 heavy (non-hydrogen) atoms. The highest BCUT2D eigenvalue weighted by atomic mass is 32.2. The van der Waals surface area contributed by atoms with Gasteiger partial charge in [0.15, 0.2) is 5.16 Å². The number of thioether (sulfide) groups is 1. The number of H-pyrrole nitrogens is 1. The first-order valence-electron chi connectivity index (χ1n) is 10.9. The van der Waals surface area contributed by atoms with E-state index in [1.807, 2.05) is 60.4 Å². The Bertz CT molecular complexity index is 1250. The van der Waals surface area contributed by atoms with Crippen LogP contribution < -0.4 is 15.2 Å². The third-order valence-corrected chi connectivity index (χ3v) is 6.69. The minimum Gasteiger partial charge on any atom is -0.497 e. The Morgan fingerprint density at radius 1 is 1.12 bits per heavy atom. The summed E-state index contributed by atoms with van der Waals surface area (Å²) in [4.78, 5) is 36.8. The molecule has 1 saturated heterocycles. The van der Waals surface area contributed by atoms with Crippen LogP contribution in [-0.2, 0) is 4.79 Å². The number of nitriles is 1. The van der Waals surface area contributed by atoms with Gasteiger partial charge in [-0.1, -0.05) is 42.1 Å². The van der Waals surface area contributed by atoms with E-state index in [9.17, 15) is 14.9 Å². The van der Waals surface area contributed by atoms with E-state index >= 15 is 0 Å². The predicted molar refractivity (Wildman–Crippen MR) is 132 cm³/mol. The third kappa shape index (κ3) is 5.07. The number of amides is 1. The molecule has 3 aromatic rings. The molecule has 1 N–H and O–H groups in total. The van der Waals surface area contributed by atoms with Crippen LogP contribution in [0, 0.1) is 11.3 Å². The summed E-state index contributed by atoms with van der Waals surface area (Å²) in [6.07, 6.45) is 0. The molecule has 2 heterocycles. The SMILES string of the molecule is COc1ccc(N2CCN(C(=O)C(C)Sc3nc(-c4ccccc4)c(C#N)c(=O)[nH]3)CC2)cc1. The van der Waals surface area contributed by atoms with Crippen molar-refractivity contribution in [1.82, 2.24) is 14.9 Å². The number of carbonyl (C=O) groups is 1. The van der Waals surface area contributed by atoms with Gasteiger partial charge in [0.2, 0.25) is 5.91 Å². The van der Waals surface area contributed by atoms with E-state index in [0.29, 0.717) is 29.5 Å². The van der Waals surface area contributed by atoms with Crippen LogP contribution in [0.1, 0.15) is 12.5 Å². The summed E-state index contributed by atoms with van der Waals surface area (Å²) < 4.78 is 5.22. The number of benzene rings is 2. The lowest BCUT2D eigenvalue weighted by atomic mass is 10.1. The summed E-state index contributed by atoms with van der Waals surface area (Å²) in [6, 6.07) is 18.9. The second-order valence-corrected chi connectivity index (χ2v) is 9.17.